The maximum atomic E-state index is 11.8. The van der Waals surface area contributed by atoms with Crippen LogP contribution in [0.1, 0.15) is 29.5 Å². The molecule has 21 heavy (non-hydrogen) atoms. The lowest BCUT2D eigenvalue weighted by molar-refractivity contribution is -0.919. The van der Waals surface area contributed by atoms with Crippen LogP contribution in [0.5, 0.6) is 0 Å². The van der Waals surface area contributed by atoms with Crippen LogP contribution in [0.25, 0.3) is 11.0 Å². The maximum Gasteiger partial charge on any atom is 0.336 e. The molecule has 1 fully saturated rings. The van der Waals surface area contributed by atoms with Crippen molar-refractivity contribution >= 4 is 11.0 Å². The number of aryl methyl sites for hydroxylation is 2. The topological polar surface area (TPSA) is 54.9 Å². The molecule has 0 saturated carbocycles. The molecule has 0 amide bonds. The summed E-state index contributed by atoms with van der Waals surface area (Å²) in [7, 11) is 0. The largest absolute Gasteiger partial charge is 0.422 e. The fourth-order valence-electron chi connectivity index (χ4n) is 3.13. The van der Waals surface area contributed by atoms with Crippen LogP contribution in [0.2, 0.25) is 0 Å². The zero-order valence-electron chi connectivity index (χ0n) is 12.6. The third kappa shape index (κ3) is 2.87. The molecule has 4 heteroatoms. The van der Waals surface area contributed by atoms with E-state index in [1.165, 1.54) is 4.90 Å². The van der Waals surface area contributed by atoms with Gasteiger partial charge in [0, 0.05) is 29.9 Å². The molecule has 0 atom stereocenters. The van der Waals surface area contributed by atoms with Gasteiger partial charge in [-0.25, -0.2) is 4.79 Å². The fraction of sp³-hybridized carbons (Fsp3) is 0.471. The van der Waals surface area contributed by atoms with Gasteiger partial charge >= 0.3 is 5.63 Å². The SMILES string of the molecule is Cc1ccc2c(C[NH+]3CCC(O)CC3)cc(=O)oc2c1C. The van der Waals surface area contributed by atoms with Crippen molar-refractivity contribution < 1.29 is 14.4 Å². The first-order chi connectivity index (χ1) is 10.0. The van der Waals surface area contributed by atoms with Gasteiger partial charge in [0.05, 0.1) is 19.2 Å². The molecule has 1 aliphatic rings. The van der Waals surface area contributed by atoms with E-state index in [9.17, 15) is 9.90 Å². The zero-order chi connectivity index (χ0) is 15.0. The minimum Gasteiger partial charge on any atom is -0.422 e. The number of fused-ring (bicyclic) bond motifs is 1. The second kappa shape index (κ2) is 5.62. The molecule has 1 aliphatic heterocycles. The second-order valence-corrected chi connectivity index (χ2v) is 6.13. The number of aliphatic hydroxyl groups excluding tert-OH is 1. The highest BCUT2D eigenvalue weighted by Gasteiger charge is 2.21. The molecular formula is C17H22NO3+. The number of hydrogen-bond acceptors (Lipinski definition) is 3. The molecule has 2 aromatic rings. The average molecular weight is 288 g/mol. The lowest BCUT2D eigenvalue weighted by Crippen LogP contribution is -3.12. The number of piperidine rings is 1. The van der Waals surface area contributed by atoms with Crippen molar-refractivity contribution in [3.8, 4) is 0 Å². The number of nitrogens with one attached hydrogen (secondary N) is 1. The van der Waals surface area contributed by atoms with Crippen molar-refractivity contribution in [2.45, 2.75) is 39.3 Å². The Morgan fingerprint density at radius 1 is 1.29 bits per heavy atom. The van der Waals surface area contributed by atoms with Gasteiger partial charge in [-0.05, 0) is 25.0 Å². The summed E-state index contributed by atoms with van der Waals surface area (Å²) in [5.74, 6) is 0. The second-order valence-electron chi connectivity index (χ2n) is 6.13. The molecule has 2 N–H and O–H groups in total. The van der Waals surface area contributed by atoms with Gasteiger partial charge in [0.2, 0.25) is 0 Å². The molecule has 2 heterocycles. The lowest BCUT2D eigenvalue weighted by atomic mass is 10.0. The van der Waals surface area contributed by atoms with E-state index in [0.29, 0.717) is 5.58 Å². The Hall–Kier alpha value is -1.65. The summed E-state index contributed by atoms with van der Waals surface area (Å²) in [6.45, 7) is 6.74. The summed E-state index contributed by atoms with van der Waals surface area (Å²) < 4.78 is 5.42. The van der Waals surface area contributed by atoms with Crippen molar-refractivity contribution in [1.82, 2.24) is 0 Å². The quantitative estimate of drug-likeness (QED) is 0.809. The summed E-state index contributed by atoms with van der Waals surface area (Å²) in [4.78, 5) is 13.3. The van der Waals surface area contributed by atoms with Crippen molar-refractivity contribution in [1.29, 1.82) is 0 Å². The van der Waals surface area contributed by atoms with Gasteiger partial charge < -0.3 is 14.4 Å². The first kappa shape index (κ1) is 14.3. The van der Waals surface area contributed by atoms with E-state index in [1.54, 1.807) is 6.07 Å². The molecule has 0 aliphatic carbocycles. The average Bonchev–Trinajstić information content (AvgIpc) is 2.46. The number of rotatable bonds is 2. The Kier molecular flexibility index (Phi) is 3.83. The normalized spacial score (nSPS) is 22.6. The van der Waals surface area contributed by atoms with Crippen LogP contribution in [-0.2, 0) is 6.54 Å². The molecular weight excluding hydrogens is 266 g/mol. The molecule has 112 valence electrons. The number of aliphatic hydroxyl groups is 1. The van der Waals surface area contributed by atoms with Crippen LogP contribution in [0.3, 0.4) is 0 Å². The molecule has 1 aromatic heterocycles. The van der Waals surface area contributed by atoms with Gasteiger partial charge in [0.1, 0.15) is 12.1 Å². The van der Waals surface area contributed by atoms with Gasteiger partial charge in [-0.1, -0.05) is 12.1 Å². The van der Waals surface area contributed by atoms with E-state index in [0.717, 1.165) is 54.6 Å². The predicted molar refractivity (Wildman–Crippen MR) is 81.6 cm³/mol. The highest BCUT2D eigenvalue weighted by atomic mass is 16.4. The summed E-state index contributed by atoms with van der Waals surface area (Å²) >= 11 is 0. The van der Waals surface area contributed by atoms with E-state index >= 15 is 0 Å². The van der Waals surface area contributed by atoms with E-state index in [4.69, 9.17) is 4.42 Å². The number of benzene rings is 1. The summed E-state index contributed by atoms with van der Waals surface area (Å²) in [6, 6.07) is 5.75. The molecule has 3 rings (SSSR count). The fourth-order valence-corrected chi connectivity index (χ4v) is 3.13. The minimum absolute atomic E-state index is 0.156. The molecule has 1 aromatic carbocycles. The highest BCUT2D eigenvalue weighted by molar-refractivity contribution is 5.83. The Labute approximate surface area is 124 Å². The lowest BCUT2D eigenvalue weighted by Gasteiger charge is -2.26. The summed E-state index contributed by atoms with van der Waals surface area (Å²) in [5.41, 5.74) is 3.67. The van der Waals surface area contributed by atoms with Crippen molar-refractivity contribution in [2.75, 3.05) is 13.1 Å². The van der Waals surface area contributed by atoms with Gasteiger partial charge in [-0.3, -0.25) is 0 Å². The van der Waals surface area contributed by atoms with Crippen LogP contribution in [0.4, 0.5) is 0 Å². The third-order valence-corrected chi connectivity index (χ3v) is 4.62. The number of likely N-dealkylation sites (tertiary alicyclic amines) is 1. The van der Waals surface area contributed by atoms with E-state index in [-0.39, 0.29) is 11.7 Å². The van der Waals surface area contributed by atoms with Crippen molar-refractivity contribution in [2.24, 2.45) is 0 Å². The minimum atomic E-state index is -0.275. The number of hydrogen-bond donors (Lipinski definition) is 2. The van der Waals surface area contributed by atoms with E-state index in [2.05, 4.69) is 6.07 Å². The maximum absolute atomic E-state index is 11.8. The Morgan fingerprint density at radius 3 is 2.71 bits per heavy atom. The molecule has 0 bridgehead atoms. The van der Waals surface area contributed by atoms with E-state index in [1.807, 2.05) is 19.9 Å². The van der Waals surface area contributed by atoms with Crippen molar-refractivity contribution in [3.05, 3.63) is 45.3 Å². The van der Waals surface area contributed by atoms with Crippen LogP contribution in [-0.4, -0.2) is 24.3 Å². The summed E-state index contributed by atoms with van der Waals surface area (Å²) in [5, 5.41) is 10.6. The Bertz CT molecular complexity index is 712. The monoisotopic (exact) mass is 288 g/mol. The third-order valence-electron chi connectivity index (χ3n) is 4.62. The Balaban J connectivity index is 1.98. The van der Waals surface area contributed by atoms with Gasteiger partial charge in [0.25, 0.3) is 0 Å². The standard InChI is InChI=1S/C17H21NO3/c1-11-3-4-15-13(9-16(20)21-17(15)12(11)2)10-18-7-5-14(19)6-8-18/h3-4,9,14,19H,5-8,10H2,1-2H3/p+1. The van der Waals surface area contributed by atoms with Gasteiger partial charge in [-0.2, -0.15) is 0 Å². The van der Waals surface area contributed by atoms with E-state index < -0.39 is 0 Å². The molecule has 1 saturated heterocycles. The predicted octanol–water partition coefficient (Wildman–Crippen LogP) is 0.949. The van der Waals surface area contributed by atoms with Crippen molar-refractivity contribution in [3.63, 3.8) is 0 Å². The molecule has 0 spiro atoms. The van der Waals surface area contributed by atoms with Crippen LogP contribution >= 0.6 is 0 Å². The first-order valence-corrected chi connectivity index (χ1v) is 7.59. The van der Waals surface area contributed by atoms with Gasteiger partial charge in [-0.15, -0.1) is 0 Å². The smallest absolute Gasteiger partial charge is 0.336 e. The van der Waals surface area contributed by atoms with Gasteiger partial charge in [0.15, 0.2) is 0 Å². The van der Waals surface area contributed by atoms with Crippen LogP contribution < -0.4 is 10.5 Å². The first-order valence-electron chi connectivity index (χ1n) is 7.59. The summed E-state index contributed by atoms with van der Waals surface area (Å²) in [6.07, 6.45) is 1.52. The molecule has 4 nitrogen and oxygen atoms in total. The molecule has 0 unspecified atom stereocenters. The molecule has 0 radical (unpaired) electrons. The number of quaternary nitrogens is 1. The van der Waals surface area contributed by atoms with Crippen LogP contribution in [0, 0.1) is 13.8 Å². The Morgan fingerprint density at radius 2 is 2.00 bits per heavy atom. The highest BCUT2D eigenvalue weighted by Crippen LogP contribution is 2.22. The van der Waals surface area contributed by atoms with Crippen LogP contribution in [0.15, 0.2) is 27.4 Å². The zero-order valence-corrected chi connectivity index (χ0v) is 12.6.